The Morgan fingerprint density at radius 3 is 2.20 bits per heavy atom. The SMILES string of the molecule is CCCCCCCCOS(=O)(=O)c1cc(CCCC)ccc1CC.[H-].[Na+]. The van der Waals surface area contributed by atoms with Crippen molar-refractivity contribution in [2.45, 2.75) is 89.9 Å². The number of benzene rings is 1. The third-order valence-corrected chi connectivity index (χ3v) is 5.73. The van der Waals surface area contributed by atoms with Crippen molar-refractivity contribution in [1.82, 2.24) is 0 Å². The molecular weight excluding hydrogens is 343 g/mol. The van der Waals surface area contributed by atoms with Gasteiger partial charge in [0.2, 0.25) is 0 Å². The average Bonchev–Trinajstić information content (AvgIpc) is 2.59. The molecule has 5 heteroatoms. The Hall–Kier alpha value is 0.130. The zero-order valence-corrected chi connectivity index (χ0v) is 19.5. The molecule has 0 N–H and O–H groups in total. The second-order valence-corrected chi connectivity index (χ2v) is 8.03. The summed E-state index contributed by atoms with van der Waals surface area (Å²) in [6.45, 7) is 6.60. The maximum atomic E-state index is 12.6. The minimum atomic E-state index is -3.65. The van der Waals surface area contributed by atoms with Gasteiger partial charge >= 0.3 is 29.6 Å². The molecule has 1 aromatic carbocycles. The van der Waals surface area contributed by atoms with Crippen LogP contribution in [0.1, 0.15) is 84.7 Å². The Kier molecular flexibility index (Phi) is 14.3. The van der Waals surface area contributed by atoms with Crippen molar-refractivity contribution >= 4 is 10.1 Å². The molecule has 0 aliphatic rings. The predicted octanol–water partition coefficient (Wildman–Crippen LogP) is 2.77. The van der Waals surface area contributed by atoms with Crippen molar-refractivity contribution in [2.24, 2.45) is 0 Å². The standard InChI is InChI=1S/C20H34O3S.Na.H/c1-4-7-9-10-11-12-16-23-24(21,22)20-17-18(13-8-5-2)14-15-19(20)6-3;;/h14-15,17H,4-13,16H2,1-3H3;;/q;+1;-1. The molecule has 140 valence electrons. The first-order valence-corrected chi connectivity index (χ1v) is 11.0. The van der Waals surface area contributed by atoms with Gasteiger partial charge in [0.05, 0.1) is 11.5 Å². The molecule has 0 bridgehead atoms. The summed E-state index contributed by atoms with van der Waals surface area (Å²) in [5.41, 5.74) is 1.92. The molecule has 0 aliphatic carbocycles. The van der Waals surface area contributed by atoms with E-state index in [9.17, 15) is 8.42 Å². The summed E-state index contributed by atoms with van der Waals surface area (Å²) in [6, 6.07) is 5.79. The zero-order chi connectivity index (χ0) is 17.8. The number of rotatable bonds is 13. The molecule has 3 nitrogen and oxygen atoms in total. The van der Waals surface area contributed by atoms with E-state index in [4.69, 9.17) is 4.18 Å². The van der Waals surface area contributed by atoms with E-state index in [0.29, 0.717) is 11.3 Å². The van der Waals surface area contributed by atoms with E-state index in [2.05, 4.69) is 13.8 Å². The molecule has 0 spiro atoms. The Bertz CT molecular complexity index is 576. The third kappa shape index (κ3) is 9.58. The van der Waals surface area contributed by atoms with Gasteiger partial charge in [-0.05, 0) is 42.9 Å². The van der Waals surface area contributed by atoms with Gasteiger partial charge in [0.1, 0.15) is 0 Å². The number of unbranched alkanes of at least 4 members (excludes halogenated alkanes) is 6. The van der Waals surface area contributed by atoms with Crippen LogP contribution in [0.5, 0.6) is 0 Å². The van der Waals surface area contributed by atoms with Crippen LogP contribution in [0, 0.1) is 0 Å². The van der Waals surface area contributed by atoms with Crippen LogP contribution in [-0.4, -0.2) is 15.0 Å². The second kappa shape index (κ2) is 14.2. The van der Waals surface area contributed by atoms with Crippen LogP contribution in [0.2, 0.25) is 0 Å². The van der Waals surface area contributed by atoms with Gasteiger partial charge in [-0.15, -0.1) is 0 Å². The average molecular weight is 379 g/mol. The first-order chi connectivity index (χ1) is 11.5. The molecule has 0 saturated heterocycles. The maximum absolute atomic E-state index is 12.6. The Balaban J connectivity index is 0. The molecule has 0 amide bonds. The van der Waals surface area contributed by atoms with Gasteiger partial charge in [-0.1, -0.05) is 71.4 Å². The van der Waals surface area contributed by atoms with Crippen molar-refractivity contribution in [3.8, 4) is 0 Å². The van der Waals surface area contributed by atoms with Gasteiger partial charge in [0.25, 0.3) is 10.1 Å². The van der Waals surface area contributed by atoms with Gasteiger partial charge in [0.15, 0.2) is 0 Å². The van der Waals surface area contributed by atoms with Crippen molar-refractivity contribution in [2.75, 3.05) is 6.61 Å². The minimum absolute atomic E-state index is 0. The molecule has 0 aliphatic heterocycles. The van der Waals surface area contributed by atoms with Crippen LogP contribution >= 0.6 is 0 Å². The summed E-state index contributed by atoms with van der Waals surface area (Å²) in [5.74, 6) is 0. The van der Waals surface area contributed by atoms with Crippen LogP contribution < -0.4 is 29.6 Å². The van der Waals surface area contributed by atoms with Gasteiger partial charge in [-0.3, -0.25) is 4.18 Å². The molecule has 0 heterocycles. The van der Waals surface area contributed by atoms with E-state index in [1.165, 1.54) is 19.3 Å². The van der Waals surface area contributed by atoms with Gasteiger partial charge in [-0.2, -0.15) is 8.42 Å². The molecule has 1 aromatic rings. The molecule has 0 aromatic heterocycles. The van der Waals surface area contributed by atoms with E-state index < -0.39 is 10.1 Å². The summed E-state index contributed by atoms with van der Waals surface area (Å²) in [4.78, 5) is 0.365. The van der Waals surface area contributed by atoms with Crippen LogP contribution in [-0.2, 0) is 27.1 Å². The summed E-state index contributed by atoms with van der Waals surface area (Å²) >= 11 is 0. The Morgan fingerprint density at radius 1 is 0.920 bits per heavy atom. The summed E-state index contributed by atoms with van der Waals surface area (Å²) in [7, 11) is -3.65. The van der Waals surface area contributed by atoms with E-state index in [-0.39, 0.29) is 37.6 Å². The topological polar surface area (TPSA) is 43.4 Å². The Morgan fingerprint density at radius 2 is 1.56 bits per heavy atom. The predicted molar refractivity (Wildman–Crippen MR) is 102 cm³/mol. The summed E-state index contributed by atoms with van der Waals surface area (Å²) < 4.78 is 30.4. The van der Waals surface area contributed by atoms with Crippen LogP contribution in [0.15, 0.2) is 23.1 Å². The number of hydrogen-bond acceptors (Lipinski definition) is 3. The summed E-state index contributed by atoms with van der Waals surface area (Å²) in [5, 5.41) is 0. The molecule has 1 rings (SSSR count). The fraction of sp³-hybridized carbons (Fsp3) is 0.700. The van der Waals surface area contributed by atoms with Crippen LogP contribution in [0.4, 0.5) is 0 Å². The Labute approximate surface area is 178 Å². The van der Waals surface area contributed by atoms with Crippen LogP contribution in [0.3, 0.4) is 0 Å². The number of hydrogen-bond donors (Lipinski definition) is 0. The normalized spacial score (nSPS) is 11.3. The van der Waals surface area contributed by atoms with E-state index in [1.807, 2.05) is 25.1 Å². The quantitative estimate of drug-likeness (QED) is 0.301. The van der Waals surface area contributed by atoms with Gasteiger partial charge in [0, 0.05) is 0 Å². The summed E-state index contributed by atoms with van der Waals surface area (Å²) in [6.07, 6.45) is 10.5. The molecule has 0 atom stereocenters. The van der Waals surface area contributed by atoms with Gasteiger partial charge < -0.3 is 1.43 Å². The smallest absolute Gasteiger partial charge is 1.00 e. The minimum Gasteiger partial charge on any atom is -1.00 e. The van der Waals surface area contributed by atoms with E-state index >= 15 is 0 Å². The molecular formula is C20H35NaO3S. The van der Waals surface area contributed by atoms with Crippen LogP contribution in [0.25, 0.3) is 0 Å². The first-order valence-electron chi connectivity index (χ1n) is 9.56. The number of aryl methyl sites for hydroxylation is 2. The second-order valence-electron chi connectivity index (χ2n) is 6.44. The maximum Gasteiger partial charge on any atom is 1.00 e. The monoisotopic (exact) mass is 378 g/mol. The fourth-order valence-electron chi connectivity index (χ4n) is 2.77. The van der Waals surface area contributed by atoms with Crippen molar-refractivity contribution in [3.63, 3.8) is 0 Å². The molecule has 0 unspecified atom stereocenters. The molecule has 0 radical (unpaired) electrons. The van der Waals surface area contributed by atoms with Crippen molar-refractivity contribution < 1.29 is 43.6 Å². The molecule has 0 saturated carbocycles. The first kappa shape index (κ1) is 25.1. The molecule has 25 heavy (non-hydrogen) atoms. The largest absolute Gasteiger partial charge is 1.00 e. The van der Waals surface area contributed by atoms with E-state index in [1.54, 1.807) is 0 Å². The third-order valence-electron chi connectivity index (χ3n) is 4.34. The van der Waals surface area contributed by atoms with Gasteiger partial charge in [-0.25, -0.2) is 0 Å². The van der Waals surface area contributed by atoms with Crippen molar-refractivity contribution in [3.05, 3.63) is 29.3 Å². The molecule has 0 fully saturated rings. The van der Waals surface area contributed by atoms with E-state index in [0.717, 1.165) is 49.7 Å². The van der Waals surface area contributed by atoms with Crippen molar-refractivity contribution in [1.29, 1.82) is 0 Å². The zero-order valence-electron chi connectivity index (χ0n) is 17.6. The fourth-order valence-corrected chi connectivity index (χ4v) is 4.07.